The van der Waals surface area contributed by atoms with Crippen molar-refractivity contribution < 1.29 is 4.79 Å². The monoisotopic (exact) mass is 174 g/mol. The molecule has 2 aromatic heterocycles. The van der Waals surface area contributed by atoms with E-state index >= 15 is 0 Å². The number of carbonyl (C=O) groups is 1. The first-order chi connectivity index (χ1) is 6.24. The Kier molecular flexibility index (Phi) is 1.65. The molecule has 0 saturated heterocycles. The lowest BCUT2D eigenvalue weighted by molar-refractivity contribution is 0.112. The van der Waals surface area contributed by atoms with E-state index in [9.17, 15) is 4.79 Å². The van der Waals surface area contributed by atoms with Gasteiger partial charge in [-0.05, 0) is 25.5 Å². The van der Waals surface area contributed by atoms with Crippen LogP contribution in [0.2, 0.25) is 0 Å². The third-order valence-electron chi connectivity index (χ3n) is 2.26. The Bertz CT molecular complexity index is 471. The van der Waals surface area contributed by atoms with Crippen LogP contribution in [-0.4, -0.2) is 16.3 Å². The molecule has 0 aliphatic carbocycles. The smallest absolute Gasteiger partial charge is 0.152 e. The fourth-order valence-electron chi connectivity index (χ4n) is 1.57. The zero-order valence-corrected chi connectivity index (χ0v) is 7.59. The number of aldehydes is 1. The Labute approximate surface area is 75.8 Å². The molecule has 66 valence electrons. The molecule has 0 fully saturated rings. The van der Waals surface area contributed by atoms with Crippen LogP contribution in [0.1, 0.15) is 21.6 Å². The molecule has 0 aliphatic rings. The lowest BCUT2D eigenvalue weighted by Crippen LogP contribution is -1.83. The van der Waals surface area contributed by atoms with Crippen molar-refractivity contribution in [1.29, 1.82) is 0 Å². The van der Waals surface area contributed by atoms with E-state index in [1.165, 1.54) is 0 Å². The molecule has 13 heavy (non-hydrogen) atoms. The number of hydrogen-bond acceptors (Lipinski definition) is 2. The number of aryl methyl sites for hydroxylation is 2. The van der Waals surface area contributed by atoms with Gasteiger partial charge in [0, 0.05) is 22.8 Å². The molecule has 0 saturated carbocycles. The zero-order chi connectivity index (χ0) is 9.42. The van der Waals surface area contributed by atoms with Crippen molar-refractivity contribution in [2.45, 2.75) is 13.8 Å². The van der Waals surface area contributed by atoms with Gasteiger partial charge in [-0.25, -0.2) is 4.98 Å². The summed E-state index contributed by atoms with van der Waals surface area (Å²) < 4.78 is 0. The second kappa shape index (κ2) is 2.69. The van der Waals surface area contributed by atoms with Gasteiger partial charge in [-0.1, -0.05) is 0 Å². The molecule has 2 rings (SSSR count). The van der Waals surface area contributed by atoms with Crippen LogP contribution in [0, 0.1) is 13.8 Å². The van der Waals surface area contributed by atoms with Crippen LogP contribution >= 0.6 is 0 Å². The topological polar surface area (TPSA) is 45.8 Å². The van der Waals surface area contributed by atoms with Crippen molar-refractivity contribution in [2.75, 3.05) is 0 Å². The summed E-state index contributed by atoms with van der Waals surface area (Å²) in [6.07, 6.45) is 2.62. The van der Waals surface area contributed by atoms with Crippen LogP contribution < -0.4 is 0 Å². The molecule has 0 unspecified atom stereocenters. The Morgan fingerprint density at radius 1 is 1.46 bits per heavy atom. The van der Waals surface area contributed by atoms with E-state index < -0.39 is 0 Å². The van der Waals surface area contributed by atoms with Crippen molar-refractivity contribution in [2.24, 2.45) is 0 Å². The van der Waals surface area contributed by atoms with Gasteiger partial charge in [0.2, 0.25) is 0 Å². The molecule has 3 nitrogen and oxygen atoms in total. The molecule has 0 aliphatic heterocycles. The highest BCUT2D eigenvalue weighted by atomic mass is 16.1. The summed E-state index contributed by atoms with van der Waals surface area (Å²) in [6.45, 7) is 3.86. The quantitative estimate of drug-likeness (QED) is 0.672. The molecule has 0 radical (unpaired) electrons. The molecule has 0 spiro atoms. The highest BCUT2D eigenvalue weighted by Crippen LogP contribution is 2.21. The summed E-state index contributed by atoms with van der Waals surface area (Å²) in [4.78, 5) is 18.0. The van der Waals surface area contributed by atoms with Gasteiger partial charge >= 0.3 is 0 Å². The van der Waals surface area contributed by atoms with Gasteiger partial charge in [-0.3, -0.25) is 4.79 Å². The summed E-state index contributed by atoms with van der Waals surface area (Å²) in [6, 6.07) is 1.91. The van der Waals surface area contributed by atoms with E-state index in [0.29, 0.717) is 0 Å². The molecule has 3 heteroatoms. The molecule has 0 aromatic carbocycles. The molecule has 1 N–H and O–H groups in total. The summed E-state index contributed by atoms with van der Waals surface area (Å²) in [5.41, 5.74) is 3.48. The van der Waals surface area contributed by atoms with E-state index in [-0.39, 0.29) is 0 Å². The number of aromatic nitrogens is 2. The van der Waals surface area contributed by atoms with Gasteiger partial charge in [-0.2, -0.15) is 0 Å². The summed E-state index contributed by atoms with van der Waals surface area (Å²) in [5, 5.41) is 0.940. The lowest BCUT2D eigenvalue weighted by atomic mass is 10.1. The van der Waals surface area contributed by atoms with Gasteiger partial charge in [0.05, 0.1) is 0 Å². The highest BCUT2D eigenvalue weighted by Gasteiger charge is 2.09. The van der Waals surface area contributed by atoms with Crippen LogP contribution in [-0.2, 0) is 0 Å². The van der Waals surface area contributed by atoms with E-state index in [1.807, 2.05) is 19.9 Å². The van der Waals surface area contributed by atoms with Crippen LogP contribution in [0.15, 0.2) is 12.3 Å². The van der Waals surface area contributed by atoms with Gasteiger partial charge < -0.3 is 4.98 Å². The predicted octanol–water partition coefficient (Wildman–Crippen LogP) is 1.99. The fourth-order valence-corrected chi connectivity index (χ4v) is 1.57. The summed E-state index contributed by atoms with van der Waals surface area (Å²) in [5.74, 6) is 0. The molecule has 2 heterocycles. The zero-order valence-electron chi connectivity index (χ0n) is 7.59. The normalized spacial score (nSPS) is 10.6. The van der Waals surface area contributed by atoms with Gasteiger partial charge in [-0.15, -0.1) is 0 Å². The number of nitrogens with zero attached hydrogens (tertiary/aromatic N) is 1. The second-order valence-corrected chi connectivity index (χ2v) is 3.13. The first kappa shape index (κ1) is 7.98. The number of hydrogen-bond donors (Lipinski definition) is 1. The van der Waals surface area contributed by atoms with Gasteiger partial charge in [0.15, 0.2) is 6.29 Å². The number of aromatic amines is 1. The predicted molar refractivity (Wildman–Crippen MR) is 51.0 cm³/mol. The maximum absolute atomic E-state index is 10.8. The average Bonchev–Trinajstić information content (AvgIpc) is 2.42. The maximum atomic E-state index is 10.8. The first-order valence-electron chi connectivity index (χ1n) is 4.13. The van der Waals surface area contributed by atoms with Crippen molar-refractivity contribution in [3.8, 4) is 0 Å². The molecule has 0 amide bonds. The maximum Gasteiger partial charge on any atom is 0.152 e. The summed E-state index contributed by atoms with van der Waals surface area (Å²) >= 11 is 0. The van der Waals surface area contributed by atoms with E-state index in [0.717, 1.165) is 34.1 Å². The SMILES string of the molecule is Cc1[nH]c2nccc(C)c2c1C=O. The number of pyridine rings is 1. The first-order valence-corrected chi connectivity index (χ1v) is 4.13. The largest absolute Gasteiger partial charge is 0.343 e. The Morgan fingerprint density at radius 2 is 2.23 bits per heavy atom. The Morgan fingerprint density at radius 3 is 2.92 bits per heavy atom. The molecular weight excluding hydrogens is 164 g/mol. The molecule has 0 bridgehead atoms. The third-order valence-corrected chi connectivity index (χ3v) is 2.26. The number of fused-ring (bicyclic) bond motifs is 1. The average molecular weight is 174 g/mol. The van der Waals surface area contributed by atoms with Crippen molar-refractivity contribution >= 4 is 17.3 Å². The van der Waals surface area contributed by atoms with Crippen LogP contribution in [0.5, 0.6) is 0 Å². The van der Waals surface area contributed by atoms with Gasteiger partial charge in [0.25, 0.3) is 0 Å². The van der Waals surface area contributed by atoms with Crippen LogP contribution in [0.3, 0.4) is 0 Å². The van der Waals surface area contributed by atoms with Crippen molar-refractivity contribution in [3.05, 3.63) is 29.1 Å². The highest BCUT2D eigenvalue weighted by molar-refractivity contribution is 5.99. The third kappa shape index (κ3) is 1.04. The minimum absolute atomic E-state index is 0.723. The van der Waals surface area contributed by atoms with E-state index in [1.54, 1.807) is 6.20 Å². The second-order valence-electron chi connectivity index (χ2n) is 3.13. The minimum Gasteiger partial charge on any atom is -0.343 e. The molecule has 0 atom stereocenters. The van der Waals surface area contributed by atoms with Crippen molar-refractivity contribution in [3.63, 3.8) is 0 Å². The number of H-pyrrole nitrogens is 1. The Hall–Kier alpha value is -1.64. The number of nitrogens with one attached hydrogen (secondary N) is 1. The molecule has 2 aromatic rings. The van der Waals surface area contributed by atoms with Crippen molar-refractivity contribution in [1.82, 2.24) is 9.97 Å². The standard InChI is InChI=1S/C10H10N2O/c1-6-3-4-11-10-9(6)8(5-13)7(2)12-10/h3-5H,1-2H3,(H,11,12). The number of carbonyl (C=O) groups excluding carboxylic acids is 1. The lowest BCUT2D eigenvalue weighted by Gasteiger charge is -1.94. The number of rotatable bonds is 1. The van der Waals surface area contributed by atoms with E-state index in [2.05, 4.69) is 9.97 Å². The Balaban J connectivity index is 2.96. The molecular formula is C10H10N2O. The van der Waals surface area contributed by atoms with Crippen LogP contribution in [0.25, 0.3) is 11.0 Å². The van der Waals surface area contributed by atoms with Gasteiger partial charge in [0.1, 0.15) is 5.65 Å². The van der Waals surface area contributed by atoms with E-state index in [4.69, 9.17) is 0 Å². The minimum atomic E-state index is 0.723. The fraction of sp³-hybridized carbons (Fsp3) is 0.200. The van der Waals surface area contributed by atoms with Crippen LogP contribution in [0.4, 0.5) is 0 Å². The summed E-state index contributed by atoms with van der Waals surface area (Å²) in [7, 11) is 0.